The molecule has 2 aliphatic rings. The third kappa shape index (κ3) is 5.52. The molecule has 1 heterocycles. The van der Waals surface area contributed by atoms with Crippen molar-refractivity contribution in [3.63, 3.8) is 0 Å². The number of nitrogens with two attached hydrogens (primary N) is 1. The molecule has 4 unspecified atom stereocenters. The number of nitrogens with one attached hydrogen (secondary N) is 3. The summed E-state index contributed by atoms with van der Waals surface area (Å²) in [5.41, 5.74) is 16.8. The lowest BCUT2D eigenvalue weighted by atomic mass is 9.71. The number of fused-ring (bicyclic) bond motifs is 1. The number of hydrazine groups is 1. The van der Waals surface area contributed by atoms with Gasteiger partial charge in [0.1, 0.15) is 0 Å². The van der Waals surface area contributed by atoms with Crippen molar-refractivity contribution >= 4 is 24.8 Å². The zero-order chi connectivity index (χ0) is 18.9. The predicted molar refractivity (Wildman–Crippen MR) is 126 cm³/mol. The zero-order valence-corrected chi connectivity index (χ0v) is 18.9. The Morgan fingerprint density at radius 1 is 1.00 bits per heavy atom. The van der Waals surface area contributed by atoms with E-state index in [-0.39, 0.29) is 30.4 Å². The maximum Gasteiger partial charge on any atom is 0.0352 e. The van der Waals surface area contributed by atoms with Crippen LogP contribution in [0.1, 0.15) is 49.3 Å². The summed E-state index contributed by atoms with van der Waals surface area (Å²) in [7, 11) is 0. The average molecular weight is 437 g/mol. The van der Waals surface area contributed by atoms with Gasteiger partial charge in [-0.1, -0.05) is 54.6 Å². The minimum Gasteiger partial charge on any atom is -0.322 e. The van der Waals surface area contributed by atoms with Crippen LogP contribution in [0.25, 0.3) is 0 Å². The van der Waals surface area contributed by atoms with Crippen LogP contribution < -0.4 is 21.9 Å². The number of rotatable bonds is 5. The molecule has 1 aliphatic heterocycles. The summed E-state index contributed by atoms with van der Waals surface area (Å²) >= 11 is 0. The molecule has 0 aromatic heterocycles. The van der Waals surface area contributed by atoms with Crippen molar-refractivity contribution in [3.05, 3.63) is 71.3 Å². The topological polar surface area (TPSA) is 62.1 Å². The molecule has 0 amide bonds. The summed E-state index contributed by atoms with van der Waals surface area (Å²) in [4.78, 5) is 0. The Balaban J connectivity index is 0.00000150. The fraction of sp³-hybridized carbons (Fsp3) is 0.478. The van der Waals surface area contributed by atoms with E-state index < -0.39 is 0 Å². The second kappa shape index (κ2) is 10.3. The minimum absolute atomic E-state index is 0. The van der Waals surface area contributed by atoms with Gasteiger partial charge in [-0.05, 0) is 49.3 Å². The zero-order valence-electron chi connectivity index (χ0n) is 17.2. The van der Waals surface area contributed by atoms with E-state index in [4.69, 9.17) is 5.73 Å². The molecule has 5 N–H and O–H groups in total. The summed E-state index contributed by atoms with van der Waals surface area (Å²) in [6.45, 7) is 6.07. The summed E-state index contributed by atoms with van der Waals surface area (Å²) in [6.07, 6.45) is 2.42. The fourth-order valence-corrected chi connectivity index (χ4v) is 4.72. The van der Waals surface area contributed by atoms with E-state index in [1.807, 2.05) is 0 Å². The SMILES string of the molecule is CC(C)(N)c1ccc(C2CCC3NNCC3C2NCc2ccccc2)cc1.Cl.Cl. The van der Waals surface area contributed by atoms with Crippen LogP contribution in [0.2, 0.25) is 0 Å². The number of halogens is 2. The van der Waals surface area contributed by atoms with Gasteiger partial charge in [-0.3, -0.25) is 10.9 Å². The average Bonchev–Trinajstić information content (AvgIpc) is 3.15. The fourth-order valence-electron chi connectivity index (χ4n) is 4.72. The molecular weight excluding hydrogens is 403 g/mol. The maximum atomic E-state index is 6.27. The first-order valence-electron chi connectivity index (χ1n) is 10.2. The first-order valence-corrected chi connectivity index (χ1v) is 10.2. The van der Waals surface area contributed by atoms with Crippen LogP contribution in [0.5, 0.6) is 0 Å². The molecule has 4 atom stereocenters. The second-order valence-electron chi connectivity index (χ2n) is 8.72. The highest BCUT2D eigenvalue weighted by atomic mass is 35.5. The number of hydrogen-bond donors (Lipinski definition) is 4. The van der Waals surface area contributed by atoms with E-state index in [0.717, 1.165) is 13.1 Å². The summed E-state index contributed by atoms with van der Waals surface area (Å²) in [5.74, 6) is 1.14. The Morgan fingerprint density at radius 3 is 2.34 bits per heavy atom. The molecule has 0 radical (unpaired) electrons. The first-order chi connectivity index (χ1) is 13.0. The number of benzene rings is 2. The van der Waals surface area contributed by atoms with E-state index in [1.165, 1.54) is 29.5 Å². The minimum atomic E-state index is -0.291. The predicted octanol–water partition coefficient (Wildman–Crippen LogP) is 3.85. The van der Waals surface area contributed by atoms with Gasteiger partial charge in [-0.25, -0.2) is 0 Å². The Kier molecular flexibility index (Phi) is 8.53. The molecule has 2 fully saturated rings. The van der Waals surface area contributed by atoms with Gasteiger partial charge < -0.3 is 11.1 Å². The van der Waals surface area contributed by atoms with Crippen LogP contribution in [-0.4, -0.2) is 18.6 Å². The molecular formula is C23H34Cl2N4. The Labute approximate surface area is 187 Å². The quantitative estimate of drug-likeness (QED) is 0.574. The molecule has 160 valence electrons. The largest absolute Gasteiger partial charge is 0.322 e. The molecule has 4 nitrogen and oxygen atoms in total. The van der Waals surface area contributed by atoms with Crippen LogP contribution in [0, 0.1) is 5.92 Å². The van der Waals surface area contributed by atoms with Crippen molar-refractivity contribution in [1.29, 1.82) is 0 Å². The van der Waals surface area contributed by atoms with Crippen LogP contribution in [-0.2, 0) is 12.1 Å². The highest BCUT2D eigenvalue weighted by Crippen LogP contribution is 2.38. The lowest BCUT2D eigenvalue weighted by molar-refractivity contribution is 0.221. The highest BCUT2D eigenvalue weighted by molar-refractivity contribution is 5.85. The molecule has 2 aromatic carbocycles. The molecule has 1 aliphatic carbocycles. The third-order valence-electron chi connectivity index (χ3n) is 6.29. The van der Waals surface area contributed by atoms with Crippen LogP contribution in [0.4, 0.5) is 0 Å². The molecule has 0 spiro atoms. The highest BCUT2D eigenvalue weighted by Gasteiger charge is 2.42. The van der Waals surface area contributed by atoms with Gasteiger partial charge in [0.15, 0.2) is 0 Å². The van der Waals surface area contributed by atoms with Gasteiger partial charge >= 0.3 is 0 Å². The van der Waals surface area contributed by atoms with Crippen LogP contribution >= 0.6 is 24.8 Å². The summed E-state index contributed by atoms with van der Waals surface area (Å²) < 4.78 is 0. The van der Waals surface area contributed by atoms with Gasteiger partial charge in [0.05, 0.1) is 0 Å². The Hall–Kier alpha value is -1.14. The standard InChI is InChI=1S/C23H32N4.2ClH/c1-23(2,24)18-10-8-17(9-11-18)19-12-13-21-20(15-26-27-21)22(19)25-14-16-6-4-3-5-7-16;;/h3-11,19-22,25-27H,12-15,24H2,1-2H3;2*1H. The van der Waals surface area contributed by atoms with Gasteiger partial charge in [-0.2, -0.15) is 0 Å². The van der Waals surface area contributed by atoms with Crippen LogP contribution in [0.15, 0.2) is 54.6 Å². The molecule has 0 bridgehead atoms. The van der Waals surface area contributed by atoms with E-state index >= 15 is 0 Å². The van der Waals surface area contributed by atoms with Crippen molar-refractivity contribution in [2.24, 2.45) is 11.7 Å². The Bertz CT molecular complexity index is 746. The maximum absolute atomic E-state index is 6.27. The molecule has 29 heavy (non-hydrogen) atoms. The molecule has 2 aromatic rings. The van der Waals surface area contributed by atoms with Gasteiger partial charge in [0, 0.05) is 36.6 Å². The van der Waals surface area contributed by atoms with Crippen molar-refractivity contribution in [2.45, 2.75) is 56.8 Å². The monoisotopic (exact) mass is 436 g/mol. The lowest BCUT2D eigenvalue weighted by Gasteiger charge is -2.40. The van der Waals surface area contributed by atoms with E-state index in [2.05, 4.69) is 84.6 Å². The smallest absolute Gasteiger partial charge is 0.0352 e. The van der Waals surface area contributed by atoms with Crippen molar-refractivity contribution in [1.82, 2.24) is 16.2 Å². The van der Waals surface area contributed by atoms with Gasteiger partial charge in [0.25, 0.3) is 0 Å². The molecule has 1 saturated carbocycles. The van der Waals surface area contributed by atoms with E-state index in [9.17, 15) is 0 Å². The van der Waals surface area contributed by atoms with Crippen molar-refractivity contribution in [2.75, 3.05) is 6.54 Å². The van der Waals surface area contributed by atoms with Crippen LogP contribution in [0.3, 0.4) is 0 Å². The van der Waals surface area contributed by atoms with Gasteiger partial charge in [-0.15, -0.1) is 24.8 Å². The van der Waals surface area contributed by atoms with Crippen molar-refractivity contribution < 1.29 is 0 Å². The summed E-state index contributed by atoms with van der Waals surface area (Å²) in [6, 6.07) is 20.7. The van der Waals surface area contributed by atoms with Gasteiger partial charge in [0.2, 0.25) is 0 Å². The first kappa shape index (κ1) is 24.1. The van der Waals surface area contributed by atoms with Crippen molar-refractivity contribution in [3.8, 4) is 0 Å². The third-order valence-corrected chi connectivity index (χ3v) is 6.29. The Morgan fingerprint density at radius 2 is 1.69 bits per heavy atom. The molecule has 4 rings (SSSR count). The molecule has 6 heteroatoms. The molecule has 1 saturated heterocycles. The second-order valence-corrected chi connectivity index (χ2v) is 8.72. The number of hydrogen-bond acceptors (Lipinski definition) is 4. The van der Waals surface area contributed by atoms with E-state index in [0.29, 0.717) is 23.9 Å². The lowest BCUT2D eigenvalue weighted by Crippen LogP contribution is -2.50. The van der Waals surface area contributed by atoms with E-state index in [1.54, 1.807) is 0 Å². The summed E-state index contributed by atoms with van der Waals surface area (Å²) in [5, 5.41) is 3.90. The normalized spacial score (nSPS) is 26.2.